The van der Waals surface area contributed by atoms with Gasteiger partial charge in [0, 0.05) is 18.5 Å². The van der Waals surface area contributed by atoms with Gasteiger partial charge in [-0.25, -0.2) is 4.99 Å². The zero-order valence-electron chi connectivity index (χ0n) is 19.0. The first-order valence-corrected chi connectivity index (χ1v) is 11.0. The second-order valence-corrected chi connectivity index (χ2v) is 8.33. The number of rotatable bonds is 7. The van der Waals surface area contributed by atoms with Crippen LogP contribution >= 0.6 is 0 Å². The lowest BCUT2D eigenvalue weighted by atomic mass is 10.1. The van der Waals surface area contributed by atoms with E-state index in [9.17, 15) is 9.59 Å². The molecule has 0 bridgehead atoms. The predicted octanol–water partition coefficient (Wildman–Crippen LogP) is 5.07. The van der Waals surface area contributed by atoms with Gasteiger partial charge in [0.15, 0.2) is 0 Å². The third-order valence-electron chi connectivity index (χ3n) is 5.42. The second-order valence-electron chi connectivity index (χ2n) is 8.33. The van der Waals surface area contributed by atoms with Crippen LogP contribution in [-0.4, -0.2) is 17.6 Å². The van der Waals surface area contributed by atoms with Gasteiger partial charge in [-0.05, 0) is 42.3 Å². The second kappa shape index (κ2) is 9.69. The number of hydrogen-bond acceptors (Lipinski definition) is 4. The molecule has 0 spiro atoms. The molecule has 1 aromatic heterocycles. The molecular weight excluding hydrogens is 414 g/mol. The average molecular weight is 442 g/mol. The molecule has 1 N–H and O–H groups in total. The molecule has 4 rings (SSSR count). The topological polar surface area (TPSA) is 74.9 Å². The Morgan fingerprint density at radius 3 is 2.42 bits per heavy atom. The van der Waals surface area contributed by atoms with Crippen LogP contribution in [-0.2, 0) is 22.6 Å². The number of carbonyl (C=O) groups is 2. The molecule has 2 aromatic carbocycles. The van der Waals surface area contributed by atoms with Crippen LogP contribution in [0.5, 0.6) is 0 Å². The van der Waals surface area contributed by atoms with Crippen molar-refractivity contribution in [2.45, 2.75) is 39.7 Å². The van der Waals surface area contributed by atoms with Crippen LogP contribution in [0, 0.1) is 0 Å². The van der Waals surface area contributed by atoms with Crippen molar-refractivity contribution in [2.75, 3.05) is 4.90 Å². The lowest BCUT2D eigenvalue weighted by Crippen LogP contribution is -2.30. The number of furan rings is 1. The first-order chi connectivity index (χ1) is 15.9. The van der Waals surface area contributed by atoms with E-state index in [0.29, 0.717) is 29.5 Å². The van der Waals surface area contributed by atoms with Gasteiger partial charge in [-0.15, -0.1) is 0 Å². The monoisotopic (exact) mass is 441 g/mol. The third kappa shape index (κ3) is 5.29. The summed E-state index contributed by atoms with van der Waals surface area (Å²) in [6, 6.07) is 21.0. The number of nitrogens with zero attached hydrogens (tertiary/aromatic N) is 2. The van der Waals surface area contributed by atoms with Crippen LogP contribution in [0.3, 0.4) is 0 Å². The molecule has 6 nitrogen and oxygen atoms in total. The standard InChI is InChI=1S/C27H27N3O3/c1-18(2)25-14-13-23(33-25)16-24-27(32)30(19(3)29-24)22-11-9-20(10-12-22)15-26(31)28-17-21-7-5-4-6-8-21/h4-14,16,18H,15,17H2,1-3H3,(H,28,31)/b24-16-. The smallest absolute Gasteiger partial charge is 0.282 e. The van der Waals surface area contributed by atoms with E-state index >= 15 is 0 Å². The van der Waals surface area contributed by atoms with Gasteiger partial charge in [-0.3, -0.25) is 14.5 Å². The average Bonchev–Trinajstić information content (AvgIpc) is 3.38. The summed E-state index contributed by atoms with van der Waals surface area (Å²) in [5, 5.41) is 2.93. The van der Waals surface area contributed by atoms with Crippen LogP contribution in [0.2, 0.25) is 0 Å². The van der Waals surface area contributed by atoms with Crippen molar-refractivity contribution in [1.29, 1.82) is 0 Å². The molecule has 1 aliphatic rings. The highest BCUT2D eigenvalue weighted by Gasteiger charge is 2.29. The quantitative estimate of drug-likeness (QED) is 0.520. The van der Waals surface area contributed by atoms with E-state index in [0.717, 1.165) is 16.9 Å². The molecule has 0 radical (unpaired) electrons. The zero-order valence-corrected chi connectivity index (χ0v) is 19.0. The van der Waals surface area contributed by atoms with Gasteiger partial charge < -0.3 is 9.73 Å². The molecule has 0 unspecified atom stereocenters. The number of aliphatic imine (C=N–C) groups is 1. The molecule has 0 fully saturated rings. The van der Waals surface area contributed by atoms with E-state index in [-0.39, 0.29) is 24.2 Å². The molecule has 0 saturated heterocycles. The Kier molecular flexibility index (Phi) is 6.54. The summed E-state index contributed by atoms with van der Waals surface area (Å²) < 4.78 is 5.78. The summed E-state index contributed by atoms with van der Waals surface area (Å²) in [5.74, 6) is 2.09. The fourth-order valence-corrected chi connectivity index (χ4v) is 3.63. The number of carbonyl (C=O) groups excluding carboxylic acids is 2. The van der Waals surface area contributed by atoms with Crippen molar-refractivity contribution >= 4 is 29.4 Å². The molecular formula is C27H27N3O3. The Bertz CT molecular complexity index is 1200. The molecule has 6 heteroatoms. The summed E-state index contributed by atoms with van der Waals surface area (Å²) in [6.45, 7) is 6.40. The van der Waals surface area contributed by atoms with Crippen molar-refractivity contribution in [3.05, 3.63) is 95.1 Å². The van der Waals surface area contributed by atoms with Crippen molar-refractivity contribution in [2.24, 2.45) is 4.99 Å². The van der Waals surface area contributed by atoms with Crippen LogP contribution in [0.25, 0.3) is 6.08 Å². The minimum atomic E-state index is -0.205. The first kappa shape index (κ1) is 22.3. The molecule has 0 saturated carbocycles. The van der Waals surface area contributed by atoms with Gasteiger partial charge in [0.2, 0.25) is 5.91 Å². The van der Waals surface area contributed by atoms with Crippen LogP contribution in [0.1, 0.15) is 49.3 Å². The summed E-state index contributed by atoms with van der Waals surface area (Å²) in [6.07, 6.45) is 1.94. The maximum absolute atomic E-state index is 13.0. The lowest BCUT2D eigenvalue weighted by Gasteiger charge is -2.16. The zero-order chi connectivity index (χ0) is 23.4. The normalized spacial score (nSPS) is 14.8. The number of benzene rings is 2. The Balaban J connectivity index is 1.40. The number of amides is 2. The predicted molar refractivity (Wildman–Crippen MR) is 130 cm³/mol. The maximum atomic E-state index is 13.0. The largest absolute Gasteiger partial charge is 0.461 e. The van der Waals surface area contributed by atoms with Crippen LogP contribution < -0.4 is 10.2 Å². The molecule has 33 heavy (non-hydrogen) atoms. The molecule has 0 aliphatic carbocycles. The Morgan fingerprint density at radius 1 is 1.03 bits per heavy atom. The van der Waals surface area contributed by atoms with Gasteiger partial charge in [0.05, 0.1) is 12.1 Å². The SMILES string of the molecule is CC1=N/C(=C\c2ccc(C(C)C)o2)C(=O)N1c1ccc(CC(=O)NCc2ccccc2)cc1. The van der Waals surface area contributed by atoms with E-state index in [4.69, 9.17) is 4.42 Å². The number of hydrogen-bond donors (Lipinski definition) is 1. The highest BCUT2D eigenvalue weighted by Crippen LogP contribution is 2.26. The minimum Gasteiger partial charge on any atom is -0.461 e. The molecule has 168 valence electrons. The van der Waals surface area contributed by atoms with E-state index < -0.39 is 0 Å². The van der Waals surface area contributed by atoms with Gasteiger partial charge in [-0.1, -0.05) is 56.3 Å². The minimum absolute atomic E-state index is 0.0500. The van der Waals surface area contributed by atoms with Crippen LogP contribution in [0.4, 0.5) is 5.69 Å². The fourth-order valence-electron chi connectivity index (χ4n) is 3.63. The Morgan fingerprint density at radius 2 is 1.76 bits per heavy atom. The molecule has 3 aromatic rings. The van der Waals surface area contributed by atoms with Crippen molar-refractivity contribution in [1.82, 2.24) is 5.32 Å². The number of anilines is 1. The molecule has 1 aliphatic heterocycles. The van der Waals surface area contributed by atoms with Crippen molar-refractivity contribution in [3.8, 4) is 0 Å². The van der Waals surface area contributed by atoms with E-state index in [1.807, 2.05) is 66.7 Å². The van der Waals surface area contributed by atoms with E-state index in [1.54, 1.807) is 17.9 Å². The summed E-state index contributed by atoms with van der Waals surface area (Å²) in [7, 11) is 0. The van der Waals surface area contributed by atoms with Crippen molar-refractivity contribution < 1.29 is 14.0 Å². The fraction of sp³-hybridized carbons (Fsp3) is 0.222. The van der Waals surface area contributed by atoms with Gasteiger partial charge in [0.25, 0.3) is 5.91 Å². The molecule has 2 amide bonds. The van der Waals surface area contributed by atoms with Crippen molar-refractivity contribution in [3.63, 3.8) is 0 Å². The highest BCUT2D eigenvalue weighted by molar-refractivity contribution is 6.28. The number of amidine groups is 1. The molecule has 2 heterocycles. The highest BCUT2D eigenvalue weighted by atomic mass is 16.3. The van der Waals surface area contributed by atoms with Crippen LogP contribution in [0.15, 0.2) is 81.8 Å². The van der Waals surface area contributed by atoms with Gasteiger partial charge in [-0.2, -0.15) is 0 Å². The van der Waals surface area contributed by atoms with E-state index in [2.05, 4.69) is 24.2 Å². The molecule has 0 atom stereocenters. The summed E-state index contributed by atoms with van der Waals surface area (Å²) >= 11 is 0. The van der Waals surface area contributed by atoms with E-state index in [1.165, 1.54) is 0 Å². The number of nitrogens with one attached hydrogen (secondary N) is 1. The van der Waals surface area contributed by atoms with Gasteiger partial charge in [0.1, 0.15) is 23.1 Å². The third-order valence-corrected chi connectivity index (χ3v) is 5.42. The first-order valence-electron chi connectivity index (χ1n) is 11.0. The lowest BCUT2D eigenvalue weighted by molar-refractivity contribution is -0.120. The summed E-state index contributed by atoms with van der Waals surface area (Å²) in [4.78, 5) is 31.3. The van der Waals surface area contributed by atoms with Gasteiger partial charge >= 0.3 is 0 Å². The maximum Gasteiger partial charge on any atom is 0.282 e. The Hall–Kier alpha value is -3.93. The summed E-state index contributed by atoms with van der Waals surface area (Å²) in [5.41, 5.74) is 2.97. The Labute approximate surface area is 193 Å².